The second-order valence-corrected chi connectivity index (χ2v) is 8.11. The highest BCUT2D eigenvalue weighted by molar-refractivity contribution is 6.03. The Hall–Kier alpha value is -5.19. The first-order chi connectivity index (χ1) is 19.3. The van der Waals surface area contributed by atoms with E-state index >= 15 is 0 Å². The normalized spacial score (nSPS) is 10.8. The zero-order valence-electron chi connectivity index (χ0n) is 23.0. The fourth-order valence-electron chi connectivity index (χ4n) is 3.86. The highest BCUT2D eigenvalue weighted by Crippen LogP contribution is 2.40. The highest BCUT2D eigenvalue weighted by atomic mass is 16.6. The highest BCUT2D eigenvalue weighted by Gasteiger charge is 2.16. The first kappa shape index (κ1) is 29.4. The smallest absolute Gasteiger partial charge is 0.310 e. The van der Waals surface area contributed by atoms with Crippen molar-refractivity contribution in [2.24, 2.45) is 0 Å². The minimum Gasteiger partial charge on any atom is -0.493 e. The van der Waals surface area contributed by atoms with Gasteiger partial charge in [0.15, 0.2) is 28.7 Å². The maximum Gasteiger partial charge on any atom is 0.310 e. The van der Waals surface area contributed by atoms with E-state index in [1.807, 2.05) is 12.2 Å². The molecule has 11 nitrogen and oxygen atoms in total. The van der Waals surface area contributed by atoms with Gasteiger partial charge >= 0.3 is 5.69 Å². The summed E-state index contributed by atoms with van der Waals surface area (Å²) in [6.07, 6.45) is 6.49. The van der Waals surface area contributed by atoms with Gasteiger partial charge < -0.3 is 33.7 Å². The number of carbonyl (C=O) groups excluding carboxylic acids is 1. The molecule has 0 heterocycles. The van der Waals surface area contributed by atoms with Crippen LogP contribution >= 0.6 is 0 Å². The van der Waals surface area contributed by atoms with Crippen molar-refractivity contribution in [2.45, 2.75) is 0 Å². The van der Waals surface area contributed by atoms with E-state index in [1.54, 1.807) is 38.5 Å². The zero-order valence-corrected chi connectivity index (χ0v) is 23.0. The average Bonchev–Trinajstić information content (AvgIpc) is 2.97. The Morgan fingerprint density at radius 1 is 0.675 bits per heavy atom. The molecule has 1 N–H and O–H groups in total. The lowest BCUT2D eigenvalue weighted by atomic mass is 10.1. The van der Waals surface area contributed by atoms with Crippen LogP contribution in [0, 0.1) is 10.1 Å². The quantitative estimate of drug-likeness (QED) is 0.135. The number of amides is 1. The molecule has 0 aliphatic heterocycles. The third kappa shape index (κ3) is 6.81. The summed E-state index contributed by atoms with van der Waals surface area (Å²) in [4.78, 5) is 23.4. The first-order valence-corrected chi connectivity index (χ1v) is 11.8. The molecule has 0 aromatic heterocycles. The molecule has 0 fully saturated rings. The maximum atomic E-state index is 12.8. The van der Waals surface area contributed by atoms with E-state index in [-0.39, 0.29) is 11.4 Å². The van der Waals surface area contributed by atoms with Gasteiger partial charge in [0.1, 0.15) is 0 Å². The Morgan fingerprint density at radius 2 is 1.18 bits per heavy atom. The molecular weight excluding hydrogens is 520 g/mol. The lowest BCUT2D eigenvalue weighted by Gasteiger charge is -2.14. The lowest BCUT2D eigenvalue weighted by Crippen LogP contribution is -2.09. The summed E-state index contributed by atoms with van der Waals surface area (Å²) in [7, 11) is 8.93. The number of nitrogens with one attached hydrogen (secondary N) is 1. The van der Waals surface area contributed by atoms with Gasteiger partial charge in [0.25, 0.3) is 0 Å². The van der Waals surface area contributed by atoms with Gasteiger partial charge in [-0.05, 0) is 59.2 Å². The molecule has 0 saturated heterocycles. The van der Waals surface area contributed by atoms with Gasteiger partial charge in [-0.1, -0.05) is 12.2 Å². The summed E-state index contributed by atoms with van der Waals surface area (Å²) < 4.78 is 32.3. The number of benzene rings is 3. The first-order valence-electron chi connectivity index (χ1n) is 11.8. The van der Waals surface area contributed by atoms with Crippen LogP contribution in [0.1, 0.15) is 16.7 Å². The van der Waals surface area contributed by atoms with Crippen LogP contribution in [0.4, 0.5) is 11.4 Å². The van der Waals surface area contributed by atoms with E-state index in [0.29, 0.717) is 45.6 Å². The number of anilines is 1. The van der Waals surface area contributed by atoms with Crippen molar-refractivity contribution in [1.29, 1.82) is 0 Å². The van der Waals surface area contributed by atoms with Crippen LogP contribution < -0.4 is 33.7 Å². The maximum absolute atomic E-state index is 12.8. The average molecular weight is 551 g/mol. The number of hydrogen-bond donors (Lipinski definition) is 1. The second-order valence-electron chi connectivity index (χ2n) is 8.11. The number of carbonyl (C=O) groups is 1. The molecule has 0 bridgehead atoms. The topological polar surface area (TPSA) is 128 Å². The van der Waals surface area contributed by atoms with Gasteiger partial charge in [0.2, 0.25) is 11.7 Å². The molecule has 0 aliphatic carbocycles. The summed E-state index contributed by atoms with van der Waals surface area (Å²) in [6, 6.07) is 11.4. The van der Waals surface area contributed by atoms with Crippen molar-refractivity contribution in [3.8, 4) is 34.5 Å². The van der Waals surface area contributed by atoms with E-state index in [1.165, 1.54) is 58.8 Å². The summed E-state index contributed by atoms with van der Waals surface area (Å²) in [5.41, 5.74) is 2.26. The SMILES string of the molecule is COc1cc(/C=C/C(=O)Nc2cc(/C=C/c3cc(OC)c(OC)c(OC)c3)cc(OC)c2OC)ccc1[N+](=O)[O-]. The van der Waals surface area contributed by atoms with Gasteiger partial charge in [-0.25, -0.2) is 0 Å². The molecule has 3 aromatic rings. The van der Waals surface area contributed by atoms with Crippen LogP contribution in [0.5, 0.6) is 34.5 Å². The number of ether oxygens (including phenoxy) is 6. The van der Waals surface area contributed by atoms with Crippen molar-refractivity contribution in [3.05, 3.63) is 75.3 Å². The summed E-state index contributed by atoms with van der Waals surface area (Å²) in [5.74, 6) is 1.89. The number of nitro groups is 1. The number of hydrogen-bond acceptors (Lipinski definition) is 9. The Morgan fingerprint density at radius 3 is 1.68 bits per heavy atom. The Labute approximate surface area is 231 Å². The fourth-order valence-corrected chi connectivity index (χ4v) is 3.86. The molecular formula is C29H30N2O9. The summed E-state index contributed by atoms with van der Waals surface area (Å²) >= 11 is 0. The minimum absolute atomic E-state index is 0.0885. The molecule has 3 rings (SSSR count). The fraction of sp³-hybridized carbons (Fsp3) is 0.207. The van der Waals surface area contributed by atoms with Gasteiger partial charge in [-0.15, -0.1) is 0 Å². The van der Waals surface area contributed by atoms with Crippen LogP contribution in [0.3, 0.4) is 0 Å². The van der Waals surface area contributed by atoms with Crippen LogP contribution in [-0.4, -0.2) is 53.5 Å². The molecule has 3 aromatic carbocycles. The molecule has 11 heteroatoms. The van der Waals surface area contributed by atoms with Crippen LogP contribution in [0.2, 0.25) is 0 Å². The molecule has 0 unspecified atom stereocenters. The third-order valence-electron chi connectivity index (χ3n) is 5.74. The largest absolute Gasteiger partial charge is 0.493 e. The van der Waals surface area contributed by atoms with Crippen LogP contribution in [0.15, 0.2) is 48.5 Å². The standard InChI is InChI=1S/C29H30N2O9/c1-35-23-14-18(9-11-22(23)31(33)34)10-12-27(32)30-21-13-19(15-24(36-2)28(21)39-5)7-8-20-16-25(37-3)29(40-6)26(17-20)38-4/h7-17H,1-6H3,(H,30,32)/b8-7+,12-10+. The van der Waals surface area contributed by atoms with Gasteiger partial charge in [-0.2, -0.15) is 0 Å². The number of rotatable bonds is 12. The van der Waals surface area contributed by atoms with E-state index in [2.05, 4.69) is 5.32 Å². The molecule has 0 spiro atoms. The van der Waals surface area contributed by atoms with Crippen molar-refractivity contribution < 1.29 is 38.1 Å². The zero-order chi connectivity index (χ0) is 29.2. The van der Waals surface area contributed by atoms with Crippen molar-refractivity contribution in [1.82, 2.24) is 0 Å². The van der Waals surface area contributed by atoms with Crippen LogP contribution in [0.25, 0.3) is 18.2 Å². The number of methoxy groups -OCH3 is 6. The minimum atomic E-state index is -0.540. The predicted molar refractivity (Wildman–Crippen MR) is 152 cm³/mol. The van der Waals surface area contributed by atoms with E-state index in [0.717, 1.165) is 5.56 Å². The predicted octanol–water partition coefficient (Wildman–Crippen LogP) is 5.47. The van der Waals surface area contributed by atoms with E-state index in [9.17, 15) is 14.9 Å². The molecule has 0 saturated carbocycles. The van der Waals surface area contributed by atoms with E-state index in [4.69, 9.17) is 28.4 Å². The molecule has 1 amide bonds. The summed E-state index contributed by atoms with van der Waals surface area (Å²) in [5, 5.41) is 13.9. The molecule has 0 aliphatic rings. The molecule has 0 radical (unpaired) electrons. The molecule has 210 valence electrons. The Balaban J connectivity index is 1.89. The number of nitrogens with zero attached hydrogens (tertiary/aromatic N) is 1. The summed E-state index contributed by atoms with van der Waals surface area (Å²) in [6.45, 7) is 0. The van der Waals surface area contributed by atoms with E-state index < -0.39 is 10.8 Å². The molecule has 0 atom stereocenters. The van der Waals surface area contributed by atoms with Gasteiger partial charge in [0.05, 0.1) is 53.3 Å². The molecule has 40 heavy (non-hydrogen) atoms. The monoisotopic (exact) mass is 550 g/mol. The lowest BCUT2D eigenvalue weighted by molar-refractivity contribution is -0.385. The second kappa shape index (κ2) is 13.6. The van der Waals surface area contributed by atoms with Crippen molar-refractivity contribution in [3.63, 3.8) is 0 Å². The van der Waals surface area contributed by atoms with Crippen molar-refractivity contribution in [2.75, 3.05) is 48.0 Å². The third-order valence-corrected chi connectivity index (χ3v) is 5.74. The van der Waals surface area contributed by atoms with Gasteiger partial charge in [0, 0.05) is 12.1 Å². The van der Waals surface area contributed by atoms with Crippen LogP contribution in [-0.2, 0) is 4.79 Å². The number of nitro benzene ring substituents is 1. The Kier molecular flexibility index (Phi) is 9.95. The van der Waals surface area contributed by atoms with Gasteiger partial charge in [-0.3, -0.25) is 14.9 Å². The Bertz CT molecular complexity index is 1420. The van der Waals surface area contributed by atoms with Crippen molar-refractivity contribution >= 4 is 35.5 Å².